The lowest BCUT2D eigenvalue weighted by atomic mass is 9.94. The maximum absolute atomic E-state index is 14.5. The number of Topliss-reactive ketones (excluding diaryl/α,β-unsaturated/α-hetero) is 1. The molecule has 2 aromatic rings. The maximum atomic E-state index is 14.5. The topological polar surface area (TPSA) is 77.8 Å². The Hall–Kier alpha value is -2.99. The number of likely N-dealkylation sites (tertiary alicyclic amines) is 1. The molecule has 1 fully saturated rings. The van der Waals surface area contributed by atoms with E-state index < -0.39 is 29.7 Å². The molecular weight excluding hydrogens is 349 g/mol. The number of ketones is 1. The van der Waals surface area contributed by atoms with Crippen molar-refractivity contribution < 1.29 is 24.2 Å². The molecule has 1 heterocycles. The van der Waals surface area contributed by atoms with Gasteiger partial charge in [0, 0.05) is 17.7 Å². The summed E-state index contributed by atoms with van der Waals surface area (Å²) in [6, 6.07) is 11.5. The molecule has 0 bridgehead atoms. The first-order valence-corrected chi connectivity index (χ1v) is 8.59. The summed E-state index contributed by atoms with van der Waals surface area (Å²) in [7, 11) is 0. The number of aliphatic hydroxyl groups excluding tert-OH is 2. The number of halogens is 1. The van der Waals surface area contributed by atoms with E-state index >= 15 is 0 Å². The van der Waals surface area contributed by atoms with Crippen LogP contribution in [0.3, 0.4) is 0 Å². The van der Waals surface area contributed by atoms with Crippen molar-refractivity contribution in [1.82, 2.24) is 4.90 Å². The Bertz CT molecular complexity index is 918. The summed E-state index contributed by atoms with van der Waals surface area (Å²) in [6.07, 6.45) is -0.920. The van der Waals surface area contributed by atoms with Gasteiger partial charge in [0.15, 0.2) is 0 Å². The van der Waals surface area contributed by atoms with E-state index in [4.69, 9.17) is 0 Å². The minimum atomic E-state index is -1.11. The summed E-state index contributed by atoms with van der Waals surface area (Å²) < 4.78 is 14.5. The van der Waals surface area contributed by atoms with Crippen molar-refractivity contribution in [1.29, 1.82) is 0 Å². The van der Waals surface area contributed by atoms with Crippen molar-refractivity contribution in [3.05, 3.63) is 76.6 Å². The van der Waals surface area contributed by atoms with Crippen LogP contribution in [-0.4, -0.2) is 39.5 Å². The van der Waals surface area contributed by atoms with Gasteiger partial charge in [-0.05, 0) is 19.9 Å². The third kappa shape index (κ3) is 3.48. The maximum Gasteiger partial charge on any atom is 0.295 e. The molecule has 0 aromatic heterocycles. The Kier molecular flexibility index (Phi) is 5.10. The molecular formula is C21H20FNO4. The molecule has 1 amide bonds. The van der Waals surface area contributed by atoms with Crippen molar-refractivity contribution >= 4 is 17.4 Å². The normalized spacial score (nSPS) is 20.1. The first-order valence-electron chi connectivity index (χ1n) is 8.59. The molecule has 0 saturated carbocycles. The quantitative estimate of drug-likeness (QED) is 0.493. The molecule has 27 heavy (non-hydrogen) atoms. The number of hydrogen-bond acceptors (Lipinski definition) is 4. The zero-order valence-electron chi connectivity index (χ0n) is 15.0. The smallest absolute Gasteiger partial charge is 0.295 e. The van der Waals surface area contributed by atoms with Crippen LogP contribution in [0.25, 0.3) is 5.76 Å². The average Bonchev–Trinajstić information content (AvgIpc) is 2.86. The molecule has 0 spiro atoms. The highest BCUT2D eigenvalue weighted by Crippen LogP contribution is 2.40. The fourth-order valence-electron chi connectivity index (χ4n) is 3.24. The molecule has 6 heteroatoms. The molecule has 3 rings (SSSR count). The van der Waals surface area contributed by atoms with Crippen LogP contribution in [0.1, 0.15) is 29.7 Å². The fourth-order valence-corrected chi connectivity index (χ4v) is 3.24. The zero-order valence-corrected chi connectivity index (χ0v) is 15.0. The lowest BCUT2D eigenvalue weighted by molar-refractivity contribution is -0.140. The van der Waals surface area contributed by atoms with Crippen molar-refractivity contribution in [2.24, 2.45) is 0 Å². The SMILES string of the molecule is Cc1ccc(C(O)=C2C(=O)C(=O)N(C[C@H](C)O)[C@H]2c2ccccc2F)cc1. The lowest BCUT2D eigenvalue weighted by Crippen LogP contribution is -2.35. The van der Waals surface area contributed by atoms with Gasteiger partial charge < -0.3 is 15.1 Å². The van der Waals surface area contributed by atoms with E-state index in [0.717, 1.165) is 10.5 Å². The second-order valence-corrected chi connectivity index (χ2v) is 6.69. The second kappa shape index (κ2) is 7.32. The Morgan fingerprint density at radius 3 is 2.37 bits per heavy atom. The molecule has 0 radical (unpaired) electrons. The molecule has 1 saturated heterocycles. The van der Waals surface area contributed by atoms with Gasteiger partial charge in [0.1, 0.15) is 11.6 Å². The molecule has 2 aromatic carbocycles. The zero-order chi connectivity index (χ0) is 19.7. The Morgan fingerprint density at radius 2 is 1.78 bits per heavy atom. The number of hydrogen-bond donors (Lipinski definition) is 2. The van der Waals surface area contributed by atoms with E-state index in [2.05, 4.69) is 0 Å². The van der Waals surface area contributed by atoms with Crippen molar-refractivity contribution in [3.8, 4) is 0 Å². The van der Waals surface area contributed by atoms with Crippen molar-refractivity contribution in [2.45, 2.75) is 26.0 Å². The number of nitrogens with zero attached hydrogens (tertiary/aromatic N) is 1. The van der Waals surface area contributed by atoms with Gasteiger partial charge in [-0.15, -0.1) is 0 Å². The van der Waals surface area contributed by atoms with Gasteiger partial charge in [0.05, 0.1) is 17.7 Å². The molecule has 1 aliphatic heterocycles. The second-order valence-electron chi connectivity index (χ2n) is 6.69. The van der Waals surface area contributed by atoms with E-state index in [-0.39, 0.29) is 23.4 Å². The van der Waals surface area contributed by atoms with Crippen LogP contribution >= 0.6 is 0 Å². The average molecular weight is 369 g/mol. The van der Waals surface area contributed by atoms with E-state index in [1.807, 2.05) is 6.92 Å². The number of β-amino-alcohol motifs (C(OH)–C–C–N with tert-alkyl or cyclic N) is 1. The number of carbonyl (C=O) groups excluding carboxylic acids is 2. The molecule has 140 valence electrons. The number of benzene rings is 2. The minimum absolute atomic E-state index is 0.0889. The van der Waals surface area contributed by atoms with E-state index in [1.165, 1.54) is 25.1 Å². The van der Waals surface area contributed by atoms with Gasteiger partial charge in [0.25, 0.3) is 11.7 Å². The van der Waals surface area contributed by atoms with Gasteiger partial charge in [0.2, 0.25) is 0 Å². The predicted octanol–water partition coefficient (Wildman–Crippen LogP) is 2.94. The molecule has 5 nitrogen and oxygen atoms in total. The minimum Gasteiger partial charge on any atom is -0.507 e. The van der Waals surface area contributed by atoms with Crippen LogP contribution in [0.5, 0.6) is 0 Å². The summed E-state index contributed by atoms with van der Waals surface area (Å²) >= 11 is 0. The highest BCUT2D eigenvalue weighted by molar-refractivity contribution is 6.46. The number of aliphatic hydroxyl groups is 2. The summed E-state index contributed by atoms with van der Waals surface area (Å²) in [4.78, 5) is 26.3. The van der Waals surface area contributed by atoms with E-state index in [9.17, 15) is 24.2 Å². The van der Waals surface area contributed by atoms with E-state index in [1.54, 1.807) is 30.3 Å². The third-order valence-corrected chi connectivity index (χ3v) is 4.53. The van der Waals surface area contributed by atoms with Crippen LogP contribution in [0, 0.1) is 12.7 Å². The number of rotatable bonds is 4. The Labute approximate surface area is 156 Å². The first kappa shape index (κ1) is 18.8. The third-order valence-electron chi connectivity index (χ3n) is 4.53. The monoisotopic (exact) mass is 369 g/mol. The number of aryl methyl sites for hydroxylation is 1. The van der Waals surface area contributed by atoms with E-state index in [0.29, 0.717) is 5.56 Å². The fraction of sp³-hybridized carbons (Fsp3) is 0.238. The van der Waals surface area contributed by atoms with Crippen LogP contribution in [0.4, 0.5) is 4.39 Å². The summed E-state index contributed by atoms with van der Waals surface area (Å²) in [5, 5.41) is 20.5. The largest absolute Gasteiger partial charge is 0.507 e. The standard InChI is InChI=1S/C21H20FNO4/c1-12-7-9-14(10-8-12)19(25)17-18(15-5-3-4-6-16(15)22)23(11-13(2)24)21(27)20(17)26/h3-10,13,18,24-25H,11H2,1-2H3/t13-,18-/m0/s1. The molecule has 0 aliphatic carbocycles. The predicted molar refractivity (Wildman–Crippen MR) is 98.3 cm³/mol. The van der Waals surface area contributed by atoms with Gasteiger partial charge >= 0.3 is 0 Å². The van der Waals surface area contributed by atoms with Crippen LogP contribution in [0.15, 0.2) is 54.1 Å². The first-order chi connectivity index (χ1) is 12.8. The Morgan fingerprint density at radius 1 is 1.15 bits per heavy atom. The van der Waals surface area contributed by atoms with Gasteiger partial charge in [-0.2, -0.15) is 0 Å². The highest BCUT2D eigenvalue weighted by Gasteiger charge is 2.47. The van der Waals surface area contributed by atoms with Gasteiger partial charge in [-0.25, -0.2) is 4.39 Å². The van der Waals surface area contributed by atoms with Gasteiger partial charge in [-0.1, -0.05) is 48.0 Å². The molecule has 1 aliphatic rings. The summed E-state index contributed by atoms with van der Waals surface area (Å²) in [6.45, 7) is 3.19. The molecule has 0 unspecified atom stereocenters. The van der Waals surface area contributed by atoms with Gasteiger partial charge in [-0.3, -0.25) is 9.59 Å². The highest BCUT2D eigenvalue weighted by atomic mass is 19.1. The van der Waals surface area contributed by atoms with Crippen LogP contribution in [0.2, 0.25) is 0 Å². The van der Waals surface area contributed by atoms with Crippen LogP contribution < -0.4 is 0 Å². The number of amides is 1. The summed E-state index contributed by atoms with van der Waals surface area (Å²) in [5.74, 6) is -2.75. The van der Waals surface area contributed by atoms with Crippen LogP contribution in [-0.2, 0) is 9.59 Å². The van der Waals surface area contributed by atoms with Crippen molar-refractivity contribution in [2.75, 3.05) is 6.54 Å². The molecule has 2 N–H and O–H groups in total. The lowest BCUT2D eigenvalue weighted by Gasteiger charge is -2.26. The Balaban J connectivity index is 2.21. The van der Waals surface area contributed by atoms with Crippen molar-refractivity contribution in [3.63, 3.8) is 0 Å². The summed E-state index contributed by atoms with van der Waals surface area (Å²) in [5.41, 5.74) is 1.23. The molecule has 2 atom stereocenters. The number of carbonyl (C=O) groups is 2.